The average molecular weight is 551 g/mol. The summed E-state index contributed by atoms with van der Waals surface area (Å²) in [5.41, 5.74) is 0. The molecule has 3 heteroatoms. The van der Waals surface area contributed by atoms with Crippen molar-refractivity contribution in [2.75, 3.05) is 6.61 Å². The van der Waals surface area contributed by atoms with Gasteiger partial charge in [0.2, 0.25) is 0 Å². The van der Waals surface area contributed by atoms with Crippen molar-refractivity contribution >= 4 is 5.97 Å². The monoisotopic (exact) mass is 551 g/mol. The van der Waals surface area contributed by atoms with E-state index in [1.54, 1.807) is 0 Å². The van der Waals surface area contributed by atoms with Gasteiger partial charge in [0.25, 0.3) is 0 Å². The fourth-order valence-corrected chi connectivity index (χ4v) is 5.84. The third kappa shape index (κ3) is 24.9. The molecule has 232 valence electrons. The lowest BCUT2D eigenvalue weighted by Crippen LogP contribution is -2.14. The van der Waals surface area contributed by atoms with E-state index in [0.29, 0.717) is 6.61 Å². The third-order valence-corrected chi connectivity index (χ3v) is 8.65. The van der Waals surface area contributed by atoms with Crippen LogP contribution in [0, 0.1) is 0 Å². The summed E-state index contributed by atoms with van der Waals surface area (Å²) in [6.45, 7) is 5.15. The highest BCUT2D eigenvalue weighted by molar-refractivity contribution is 5.77. The minimum atomic E-state index is -0.261. The molecule has 1 fully saturated rings. The van der Waals surface area contributed by atoms with E-state index in [9.17, 15) is 4.79 Å². The normalized spacial score (nSPS) is 16.6. The quantitative estimate of drug-likeness (QED) is 0.0475. The highest BCUT2D eigenvalue weighted by Crippen LogP contribution is 2.29. The van der Waals surface area contributed by atoms with Gasteiger partial charge in [-0.2, -0.15) is 0 Å². The average Bonchev–Trinajstić information content (AvgIpc) is 3.72. The zero-order valence-corrected chi connectivity index (χ0v) is 26.8. The molecule has 3 nitrogen and oxygen atoms in total. The highest BCUT2D eigenvalue weighted by atomic mass is 16.6. The molecule has 1 aliphatic rings. The Labute approximate surface area is 245 Å². The van der Waals surface area contributed by atoms with Gasteiger partial charge in [0.15, 0.2) is 6.10 Å². The zero-order valence-electron chi connectivity index (χ0n) is 26.8. The molecule has 1 heterocycles. The van der Waals surface area contributed by atoms with Crippen molar-refractivity contribution in [3.63, 3.8) is 0 Å². The van der Waals surface area contributed by atoms with Crippen LogP contribution in [0.4, 0.5) is 0 Å². The Hall–Kier alpha value is -0.570. The van der Waals surface area contributed by atoms with E-state index < -0.39 is 0 Å². The first kappa shape index (κ1) is 36.5. The molecule has 0 saturated carbocycles. The Morgan fingerprint density at radius 1 is 0.462 bits per heavy atom. The second kappa shape index (κ2) is 28.9. The topological polar surface area (TPSA) is 38.8 Å². The molecule has 0 aromatic heterocycles. The summed E-state index contributed by atoms with van der Waals surface area (Å²) in [5.74, 6) is -0.115. The van der Waals surface area contributed by atoms with Crippen LogP contribution >= 0.6 is 0 Å². The first-order valence-electron chi connectivity index (χ1n) is 18.1. The molecule has 2 atom stereocenters. The van der Waals surface area contributed by atoms with E-state index in [1.807, 2.05) is 0 Å². The molecule has 1 saturated heterocycles. The summed E-state index contributed by atoms with van der Waals surface area (Å²) in [4.78, 5) is 12.2. The smallest absolute Gasteiger partial charge is 0.338 e. The van der Waals surface area contributed by atoms with Crippen LogP contribution in [-0.2, 0) is 14.3 Å². The second-order valence-corrected chi connectivity index (χ2v) is 12.6. The molecule has 39 heavy (non-hydrogen) atoms. The Bertz CT molecular complexity index is 506. The van der Waals surface area contributed by atoms with E-state index in [2.05, 4.69) is 13.8 Å². The number of ether oxygens (including phenoxy) is 2. The zero-order chi connectivity index (χ0) is 28.1. The summed E-state index contributed by atoms with van der Waals surface area (Å²) in [6.07, 6.45) is 40.6. The first-order valence-corrected chi connectivity index (χ1v) is 18.1. The van der Waals surface area contributed by atoms with Crippen LogP contribution in [0.3, 0.4) is 0 Å². The van der Waals surface area contributed by atoms with Crippen LogP contribution in [0.2, 0.25) is 0 Å². The Morgan fingerprint density at radius 2 is 0.769 bits per heavy atom. The van der Waals surface area contributed by atoms with Crippen LogP contribution in [0.15, 0.2) is 0 Å². The van der Waals surface area contributed by atoms with Gasteiger partial charge in [-0.25, -0.2) is 4.79 Å². The van der Waals surface area contributed by atoms with Gasteiger partial charge in [0, 0.05) is 0 Å². The molecule has 0 amide bonds. The molecule has 0 aromatic carbocycles. The number of esters is 1. The fraction of sp³-hybridized carbons (Fsp3) is 0.972. The second-order valence-electron chi connectivity index (χ2n) is 12.6. The van der Waals surface area contributed by atoms with Crippen molar-refractivity contribution in [3.8, 4) is 0 Å². The first-order chi connectivity index (χ1) is 19.3. The molecule has 0 spiro atoms. The Balaban J connectivity index is 1.73. The molecular weight excluding hydrogens is 480 g/mol. The van der Waals surface area contributed by atoms with E-state index in [1.165, 1.54) is 180 Å². The van der Waals surface area contributed by atoms with Gasteiger partial charge in [0.1, 0.15) is 0 Å². The summed E-state index contributed by atoms with van der Waals surface area (Å²) >= 11 is 0. The summed E-state index contributed by atoms with van der Waals surface area (Å²) in [5, 5.41) is 0. The number of carbonyl (C=O) groups is 1. The van der Waals surface area contributed by atoms with Gasteiger partial charge in [0.05, 0.1) is 12.7 Å². The molecule has 0 bridgehead atoms. The van der Waals surface area contributed by atoms with Gasteiger partial charge in [-0.15, -0.1) is 0 Å². The third-order valence-electron chi connectivity index (χ3n) is 8.65. The molecule has 2 unspecified atom stereocenters. The molecule has 1 aliphatic heterocycles. The fourth-order valence-electron chi connectivity index (χ4n) is 5.84. The van der Waals surface area contributed by atoms with Gasteiger partial charge >= 0.3 is 5.97 Å². The maximum atomic E-state index is 12.2. The van der Waals surface area contributed by atoms with Gasteiger partial charge in [-0.3, -0.25) is 0 Å². The van der Waals surface area contributed by atoms with Gasteiger partial charge in [-0.05, 0) is 12.8 Å². The number of carbonyl (C=O) groups excluding carboxylic acids is 1. The summed E-state index contributed by atoms with van der Waals surface area (Å²) in [6, 6.07) is 0. The van der Waals surface area contributed by atoms with Crippen LogP contribution in [0.25, 0.3) is 0 Å². The molecular formula is C36H70O3. The molecule has 0 aliphatic carbocycles. The van der Waals surface area contributed by atoms with Crippen LogP contribution in [0.1, 0.15) is 206 Å². The molecule has 0 N–H and O–H groups in total. The molecule has 1 rings (SSSR count). The van der Waals surface area contributed by atoms with Crippen molar-refractivity contribution in [2.24, 2.45) is 0 Å². The summed E-state index contributed by atoms with van der Waals surface area (Å²) in [7, 11) is 0. The lowest BCUT2D eigenvalue weighted by atomic mass is 10.0. The largest absolute Gasteiger partial charge is 0.464 e. The standard InChI is InChI=1S/C36H70O3/c1-3-5-7-9-11-13-15-17-18-19-21-23-25-27-29-31-33-38-36(37)35-34(39-35)32-30-28-26-24-22-20-16-14-12-10-8-6-4-2/h34-35H,3-33H2,1-2H3. The van der Waals surface area contributed by atoms with Crippen molar-refractivity contribution in [1.29, 1.82) is 0 Å². The number of hydrogen-bond acceptors (Lipinski definition) is 3. The van der Waals surface area contributed by atoms with Crippen LogP contribution in [-0.4, -0.2) is 24.8 Å². The van der Waals surface area contributed by atoms with Gasteiger partial charge < -0.3 is 9.47 Å². The van der Waals surface area contributed by atoms with E-state index in [4.69, 9.17) is 9.47 Å². The minimum Gasteiger partial charge on any atom is -0.464 e. The maximum absolute atomic E-state index is 12.2. The van der Waals surface area contributed by atoms with Crippen LogP contribution in [0.5, 0.6) is 0 Å². The Kier molecular flexibility index (Phi) is 27.1. The van der Waals surface area contributed by atoms with Crippen molar-refractivity contribution in [3.05, 3.63) is 0 Å². The van der Waals surface area contributed by atoms with Crippen molar-refractivity contribution < 1.29 is 14.3 Å². The summed E-state index contributed by atoms with van der Waals surface area (Å²) < 4.78 is 11.1. The molecule has 0 aromatic rings. The molecule has 0 radical (unpaired) electrons. The SMILES string of the molecule is CCCCCCCCCCCCCCCCCCOC(=O)C1OC1CCCCCCCCCCCCCCC. The van der Waals surface area contributed by atoms with Crippen molar-refractivity contribution in [2.45, 2.75) is 219 Å². The maximum Gasteiger partial charge on any atom is 0.338 e. The van der Waals surface area contributed by atoms with Gasteiger partial charge in [-0.1, -0.05) is 194 Å². The number of hydrogen-bond donors (Lipinski definition) is 0. The number of epoxide rings is 1. The number of rotatable bonds is 32. The number of unbranched alkanes of at least 4 members (excludes halogenated alkanes) is 27. The minimum absolute atomic E-state index is 0.115. The lowest BCUT2D eigenvalue weighted by Gasteiger charge is -2.04. The predicted molar refractivity (Wildman–Crippen MR) is 169 cm³/mol. The highest BCUT2D eigenvalue weighted by Gasteiger charge is 2.45. The van der Waals surface area contributed by atoms with E-state index in [0.717, 1.165) is 12.8 Å². The van der Waals surface area contributed by atoms with E-state index in [-0.39, 0.29) is 18.2 Å². The van der Waals surface area contributed by atoms with Crippen LogP contribution < -0.4 is 0 Å². The lowest BCUT2D eigenvalue weighted by molar-refractivity contribution is -0.145. The van der Waals surface area contributed by atoms with E-state index >= 15 is 0 Å². The van der Waals surface area contributed by atoms with Crippen molar-refractivity contribution in [1.82, 2.24) is 0 Å². The Morgan fingerprint density at radius 3 is 1.13 bits per heavy atom. The predicted octanol–water partition coefficient (Wildman–Crippen LogP) is 12.0.